The summed E-state index contributed by atoms with van der Waals surface area (Å²) in [6.45, 7) is 8.14. The molecule has 1 N–H and O–H groups in total. The molecule has 1 aromatic carbocycles. The Labute approximate surface area is 126 Å². The number of rotatable bonds is 3. The fraction of sp³-hybridized carbons (Fsp3) is 0.438. The Balaban J connectivity index is 2.10. The van der Waals surface area contributed by atoms with E-state index in [1.54, 1.807) is 13.1 Å². The second-order valence-electron chi connectivity index (χ2n) is 6.20. The predicted octanol–water partition coefficient (Wildman–Crippen LogP) is 1.74. The molecule has 0 aromatic heterocycles. The van der Waals surface area contributed by atoms with Gasteiger partial charge in [-0.05, 0) is 44.8 Å². The van der Waals surface area contributed by atoms with Crippen molar-refractivity contribution in [3.05, 3.63) is 35.9 Å². The van der Waals surface area contributed by atoms with E-state index in [9.17, 15) is 4.79 Å². The SMILES string of the molecule is CNC(=O)/C=C/c1ccc(B2OC(C)(C)C(C)(C)O2)cc1. The first-order chi connectivity index (χ1) is 9.75. The number of hydrogen-bond acceptors (Lipinski definition) is 3. The third kappa shape index (κ3) is 3.36. The van der Waals surface area contributed by atoms with Gasteiger partial charge >= 0.3 is 7.12 Å². The molecule has 0 atom stereocenters. The molecule has 21 heavy (non-hydrogen) atoms. The molecule has 0 aliphatic carbocycles. The Morgan fingerprint density at radius 1 is 1.10 bits per heavy atom. The molecule has 1 heterocycles. The van der Waals surface area contributed by atoms with Crippen molar-refractivity contribution < 1.29 is 14.1 Å². The van der Waals surface area contributed by atoms with Crippen LogP contribution >= 0.6 is 0 Å². The van der Waals surface area contributed by atoms with Crippen LogP contribution in [0, 0.1) is 0 Å². The molecule has 0 bridgehead atoms. The second-order valence-corrected chi connectivity index (χ2v) is 6.20. The smallest absolute Gasteiger partial charge is 0.399 e. The van der Waals surface area contributed by atoms with Crippen LogP contribution in [-0.2, 0) is 14.1 Å². The molecule has 1 saturated heterocycles. The molecule has 0 spiro atoms. The van der Waals surface area contributed by atoms with Gasteiger partial charge in [-0.1, -0.05) is 24.3 Å². The fourth-order valence-corrected chi connectivity index (χ4v) is 2.00. The van der Waals surface area contributed by atoms with E-state index in [0.29, 0.717) is 0 Å². The van der Waals surface area contributed by atoms with Gasteiger partial charge in [-0.25, -0.2) is 0 Å². The number of carbonyl (C=O) groups is 1. The highest BCUT2D eigenvalue weighted by atomic mass is 16.7. The van der Waals surface area contributed by atoms with E-state index in [1.807, 2.05) is 52.0 Å². The number of benzene rings is 1. The Bertz CT molecular complexity index is 533. The molecule has 1 aromatic rings. The van der Waals surface area contributed by atoms with Crippen LogP contribution in [0.2, 0.25) is 0 Å². The summed E-state index contributed by atoms with van der Waals surface area (Å²) >= 11 is 0. The van der Waals surface area contributed by atoms with Crippen LogP contribution in [0.5, 0.6) is 0 Å². The van der Waals surface area contributed by atoms with E-state index in [2.05, 4.69) is 5.32 Å². The minimum atomic E-state index is -0.355. The lowest BCUT2D eigenvalue weighted by molar-refractivity contribution is -0.115. The molecule has 0 saturated carbocycles. The Morgan fingerprint density at radius 2 is 1.62 bits per heavy atom. The molecule has 0 radical (unpaired) electrons. The molecule has 4 nitrogen and oxygen atoms in total. The molecule has 2 rings (SSSR count). The van der Waals surface area contributed by atoms with E-state index in [0.717, 1.165) is 11.0 Å². The van der Waals surface area contributed by atoms with E-state index in [-0.39, 0.29) is 24.2 Å². The first-order valence-corrected chi connectivity index (χ1v) is 7.10. The van der Waals surface area contributed by atoms with Crippen LogP contribution in [0.15, 0.2) is 30.3 Å². The van der Waals surface area contributed by atoms with Crippen molar-refractivity contribution in [1.29, 1.82) is 0 Å². The standard InChI is InChI=1S/C16H22BNO3/c1-15(2)16(3,4)21-17(20-15)13-9-6-12(7-10-13)8-11-14(19)18-5/h6-11H,1-5H3,(H,18,19)/b11-8+. The van der Waals surface area contributed by atoms with Gasteiger partial charge in [-0.2, -0.15) is 0 Å². The Hall–Kier alpha value is -1.59. The monoisotopic (exact) mass is 287 g/mol. The van der Waals surface area contributed by atoms with Crippen molar-refractivity contribution in [2.45, 2.75) is 38.9 Å². The summed E-state index contributed by atoms with van der Waals surface area (Å²) in [6.07, 6.45) is 3.27. The fourth-order valence-electron chi connectivity index (χ4n) is 2.00. The molecule has 0 unspecified atom stereocenters. The van der Waals surface area contributed by atoms with Crippen LogP contribution in [0.3, 0.4) is 0 Å². The Kier molecular flexibility index (Phi) is 4.26. The van der Waals surface area contributed by atoms with Crippen LogP contribution < -0.4 is 10.8 Å². The van der Waals surface area contributed by atoms with Crippen molar-refractivity contribution >= 4 is 24.6 Å². The summed E-state index contributed by atoms with van der Waals surface area (Å²) in [5.74, 6) is -0.120. The third-order valence-electron chi connectivity index (χ3n) is 4.14. The summed E-state index contributed by atoms with van der Waals surface area (Å²) in [5, 5.41) is 2.54. The molecule has 1 aliphatic heterocycles. The Morgan fingerprint density at radius 3 is 2.10 bits per heavy atom. The quantitative estimate of drug-likeness (QED) is 0.680. The zero-order valence-corrected chi connectivity index (χ0v) is 13.3. The first-order valence-electron chi connectivity index (χ1n) is 7.10. The van der Waals surface area contributed by atoms with Gasteiger partial charge in [0.25, 0.3) is 0 Å². The topological polar surface area (TPSA) is 47.6 Å². The van der Waals surface area contributed by atoms with Crippen molar-refractivity contribution in [3.8, 4) is 0 Å². The minimum absolute atomic E-state index is 0.120. The average molecular weight is 287 g/mol. The summed E-state index contributed by atoms with van der Waals surface area (Å²) in [7, 11) is 1.25. The first kappa shape index (κ1) is 15.8. The summed E-state index contributed by atoms with van der Waals surface area (Å²) in [4.78, 5) is 11.2. The molecule has 1 amide bonds. The van der Waals surface area contributed by atoms with E-state index >= 15 is 0 Å². The van der Waals surface area contributed by atoms with Gasteiger partial charge in [0.2, 0.25) is 5.91 Å². The highest BCUT2D eigenvalue weighted by Gasteiger charge is 2.51. The number of carbonyl (C=O) groups excluding carboxylic acids is 1. The van der Waals surface area contributed by atoms with Crippen molar-refractivity contribution in [2.75, 3.05) is 7.05 Å². The molecule has 5 heteroatoms. The lowest BCUT2D eigenvalue weighted by Gasteiger charge is -2.32. The molecular weight excluding hydrogens is 265 g/mol. The maximum absolute atomic E-state index is 11.2. The normalized spacial score (nSPS) is 20.0. The van der Waals surface area contributed by atoms with Crippen LogP contribution in [0.25, 0.3) is 6.08 Å². The zero-order valence-electron chi connectivity index (χ0n) is 13.3. The van der Waals surface area contributed by atoms with Gasteiger partial charge in [-0.15, -0.1) is 0 Å². The summed E-state index contributed by atoms with van der Waals surface area (Å²) in [6, 6.07) is 7.82. The van der Waals surface area contributed by atoms with Crippen molar-refractivity contribution in [2.24, 2.45) is 0 Å². The number of nitrogens with one attached hydrogen (secondary N) is 1. The maximum Gasteiger partial charge on any atom is 0.494 e. The van der Waals surface area contributed by atoms with E-state index in [4.69, 9.17) is 9.31 Å². The number of amides is 1. The van der Waals surface area contributed by atoms with E-state index in [1.165, 1.54) is 6.08 Å². The highest BCUT2D eigenvalue weighted by molar-refractivity contribution is 6.62. The lowest BCUT2D eigenvalue weighted by atomic mass is 9.79. The van der Waals surface area contributed by atoms with Crippen molar-refractivity contribution in [1.82, 2.24) is 5.32 Å². The predicted molar refractivity (Wildman–Crippen MR) is 85.3 cm³/mol. The average Bonchev–Trinajstić information content (AvgIpc) is 2.65. The highest BCUT2D eigenvalue weighted by Crippen LogP contribution is 2.36. The number of likely N-dealkylation sites (N-methyl/N-ethyl adjacent to an activating group) is 1. The summed E-state index contributed by atoms with van der Waals surface area (Å²) < 4.78 is 12.0. The zero-order chi connectivity index (χ0) is 15.7. The number of hydrogen-bond donors (Lipinski definition) is 1. The second kappa shape index (κ2) is 5.66. The molecule has 1 fully saturated rings. The molecular formula is C16H22BNO3. The van der Waals surface area contributed by atoms with Crippen molar-refractivity contribution in [3.63, 3.8) is 0 Å². The summed E-state index contributed by atoms with van der Waals surface area (Å²) in [5.41, 5.74) is 1.26. The largest absolute Gasteiger partial charge is 0.494 e. The van der Waals surface area contributed by atoms with Gasteiger partial charge in [0.15, 0.2) is 0 Å². The third-order valence-corrected chi connectivity index (χ3v) is 4.14. The van der Waals surface area contributed by atoms with Gasteiger partial charge in [-0.3, -0.25) is 4.79 Å². The maximum atomic E-state index is 11.2. The van der Waals surface area contributed by atoms with Gasteiger partial charge < -0.3 is 14.6 Å². The van der Waals surface area contributed by atoms with Crippen LogP contribution in [-0.4, -0.2) is 31.3 Å². The van der Waals surface area contributed by atoms with Gasteiger partial charge in [0, 0.05) is 13.1 Å². The molecule has 112 valence electrons. The van der Waals surface area contributed by atoms with Gasteiger partial charge in [0.05, 0.1) is 11.2 Å². The van der Waals surface area contributed by atoms with Crippen LogP contribution in [0.4, 0.5) is 0 Å². The van der Waals surface area contributed by atoms with E-state index < -0.39 is 0 Å². The lowest BCUT2D eigenvalue weighted by Crippen LogP contribution is -2.41. The van der Waals surface area contributed by atoms with Gasteiger partial charge in [0.1, 0.15) is 0 Å². The molecule has 1 aliphatic rings. The van der Waals surface area contributed by atoms with Crippen LogP contribution in [0.1, 0.15) is 33.3 Å². The minimum Gasteiger partial charge on any atom is -0.399 e.